The topological polar surface area (TPSA) is 101 Å². The van der Waals surface area contributed by atoms with E-state index in [0.29, 0.717) is 28.8 Å². The zero-order valence-corrected chi connectivity index (χ0v) is 15.2. The molecule has 0 bridgehead atoms. The number of anilines is 1. The third-order valence-electron chi connectivity index (χ3n) is 5.51. The lowest BCUT2D eigenvalue weighted by atomic mass is 9.83. The zero-order valence-electron chi connectivity index (χ0n) is 15.2. The lowest BCUT2D eigenvalue weighted by Crippen LogP contribution is -2.71. The molecule has 3 heterocycles. The van der Waals surface area contributed by atoms with E-state index in [0.717, 1.165) is 0 Å². The summed E-state index contributed by atoms with van der Waals surface area (Å²) < 4.78 is 16.3. The normalized spacial score (nSPS) is 18.7. The molecule has 0 aliphatic carbocycles. The number of carboxylic acids is 1. The third kappa shape index (κ3) is 2.40. The van der Waals surface area contributed by atoms with E-state index in [1.165, 1.54) is 22.9 Å². The minimum Gasteiger partial charge on any atom is -0.477 e. The van der Waals surface area contributed by atoms with E-state index >= 15 is 0 Å². The van der Waals surface area contributed by atoms with Crippen molar-refractivity contribution < 1.29 is 14.3 Å². The van der Waals surface area contributed by atoms with Crippen LogP contribution in [-0.4, -0.2) is 38.8 Å². The van der Waals surface area contributed by atoms with Crippen molar-refractivity contribution in [1.29, 1.82) is 0 Å². The van der Waals surface area contributed by atoms with Gasteiger partial charge >= 0.3 is 5.97 Å². The number of aromatic nitrogens is 2. The van der Waals surface area contributed by atoms with Gasteiger partial charge in [-0.3, -0.25) is 4.79 Å². The first kappa shape index (κ1) is 17.4. The summed E-state index contributed by atoms with van der Waals surface area (Å²) in [6.07, 6.45) is 1.24. The molecule has 4 rings (SSSR count). The van der Waals surface area contributed by atoms with Gasteiger partial charge in [-0.05, 0) is 32.0 Å². The van der Waals surface area contributed by atoms with E-state index in [-0.39, 0.29) is 22.5 Å². The van der Waals surface area contributed by atoms with Gasteiger partial charge < -0.3 is 20.3 Å². The van der Waals surface area contributed by atoms with Crippen LogP contribution >= 0.6 is 0 Å². The smallest absolute Gasteiger partial charge is 0.341 e. The van der Waals surface area contributed by atoms with Crippen LogP contribution in [0.1, 0.15) is 24.2 Å². The summed E-state index contributed by atoms with van der Waals surface area (Å²) in [6.45, 7) is 4.45. The van der Waals surface area contributed by atoms with Gasteiger partial charge in [-0.2, -0.15) is 0 Å². The molecule has 140 valence electrons. The average Bonchev–Trinajstić information content (AvgIpc) is 2.61. The summed E-state index contributed by atoms with van der Waals surface area (Å²) >= 11 is 0. The molecule has 0 radical (unpaired) electrons. The Bertz CT molecular complexity index is 1190. The number of hydrogen-bond donors (Lipinski definition) is 2. The molecule has 1 fully saturated rings. The summed E-state index contributed by atoms with van der Waals surface area (Å²) in [5, 5.41) is 9.78. The molecule has 1 aromatic carbocycles. The van der Waals surface area contributed by atoms with Crippen LogP contribution in [0.3, 0.4) is 0 Å². The fraction of sp³-hybridized carbons (Fsp3) is 0.316. The Morgan fingerprint density at radius 2 is 2.07 bits per heavy atom. The maximum absolute atomic E-state index is 14.8. The van der Waals surface area contributed by atoms with Crippen LogP contribution < -0.4 is 16.1 Å². The molecule has 27 heavy (non-hydrogen) atoms. The summed E-state index contributed by atoms with van der Waals surface area (Å²) in [7, 11) is 1.62. The van der Waals surface area contributed by atoms with E-state index < -0.39 is 17.2 Å². The quantitative estimate of drug-likeness (QED) is 0.668. The van der Waals surface area contributed by atoms with E-state index in [2.05, 4.69) is 4.98 Å². The Kier molecular flexibility index (Phi) is 3.55. The average molecular weight is 370 g/mol. The van der Waals surface area contributed by atoms with Crippen molar-refractivity contribution in [1.82, 2.24) is 9.55 Å². The number of aromatic carboxylic acids is 1. The zero-order chi connectivity index (χ0) is 19.7. The van der Waals surface area contributed by atoms with Crippen molar-refractivity contribution >= 4 is 33.6 Å². The first-order chi connectivity index (χ1) is 12.6. The lowest BCUT2D eigenvalue weighted by molar-refractivity contribution is 0.0695. The van der Waals surface area contributed by atoms with E-state index in [1.54, 1.807) is 13.1 Å². The fourth-order valence-corrected chi connectivity index (χ4v) is 3.58. The predicted octanol–water partition coefficient (Wildman–Crippen LogP) is 1.85. The molecule has 0 saturated carbocycles. The standard InChI is InChI=1S/C19H19FN4O3/c1-19(2)15(21)8-24(19)14-6-13-9(5-12(14)20)4-10-16(25)11(18(26)27)7-23(3)17(10)22-13/h4-7,15H,8,21H2,1-3H3,(H,26,27). The molecule has 7 nitrogen and oxygen atoms in total. The van der Waals surface area contributed by atoms with E-state index in [1.807, 2.05) is 18.7 Å². The van der Waals surface area contributed by atoms with Crippen molar-refractivity contribution in [3.63, 3.8) is 0 Å². The SMILES string of the molecule is Cn1cc(C(=O)O)c(=O)c2cc3cc(F)c(N4CC(N)C4(C)C)cc3nc21. The van der Waals surface area contributed by atoms with Crippen LogP contribution in [0.15, 0.2) is 29.2 Å². The molecule has 1 aliphatic rings. The first-order valence-electron chi connectivity index (χ1n) is 8.51. The number of carboxylic acid groups (broad SMARTS) is 1. The molecule has 0 spiro atoms. The molecule has 1 saturated heterocycles. The van der Waals surface area contributed by atoms with Gasteiger partial charge in [-0.1, -0.05) is 0 Å². The summed E-state index contributed by atoms with van der Waals surface area (Å²) in [6, 6.07) is 4.41. The fourth-order valence-electron chi connectivity index (χ4n) is 3.58. The van der Waals surface area contributed by atoms with Gasteiger partial charge in [-0.25, -0.2) is 14.2 Å². The van der Waals surface area contributed by atoms with Crippen molar-refractivity contribution in [3.8, 4) is 0 Å². The van der Waals surface area contributed by atoms with E-state index in [4.69, 9.17) is 5.73 Å². The molecular weight excluding hydrogens is 351 g/mol. The molecule has 3 N–H and O–H groups in total. The van der Waals surface area contributed by atoms with Gasteiger partial charge in [0, 0.05) is 31.2 Å². The Balaban J connectivity index is 1.97. The molecule has 8 heteroatoms. The highest BCUT2D eigenvalue weighted by Crippen LogP contribution is 2.37. The number of benzene rings is 1. The Hall–Kier alpha value is -3.00. The van der Waals surface area contributed by atoms with Crippen molar-refractivity contribution in [3.05, 3.63) is 46.0 Å². The molecule has 1 unspecified atom stereocenters. The number of aryl methyl sites for hydroxylation is 1. The predicted molar refractivity (Wildman–Crippen MR) is 101 cm³/mol. The van der Waals surface area contributed by atoms with Gasteiger partial charge in [0.2, 0.25) is 5.43 Å². The molecule has 1 aliphatic heterocycles. The highest BCUT2D eigenvalue weighted by Gasteiger charge is 2.45. The monoisotopic (exact) mass is 370 g/mol. The third-order valence-corrected chi connectivity index (χ3v) is 5.51. The maximum atomic E-state index is 14.8. The minimum atomic E-state index is -1.31. The number of rotatable bonds is 2. The van der Waals surface area contributed by atoms with Gasteiger partial charge in [0.1, 0.15) is 17.0 Å². The minimum absolute atomic E-state index is 0.0487. The number of fused-ring (bicyclic) bond motifs is 2. The number of pyridine rings is 2. The highest BCUT2D eigenvalue weighted by atomic mass is 19.1. The number of carbonyl (C=O) groups is 1. The largest absolute Gasteiger partial charge is 0.477 e. The van der Waals surface area contributed by atoms with Crippen molar-refractivity contribution in [2.24, 2.45) is 12.8 Å². The number of nitrogens with two attached hydrogens (primary N) is 1. The second kappa shape index (κ2) is 5.50. The van der Waals surface area contributed by atoms with Gasteiger partial charge in [0.05, 0.1) is 22.1 Å². The Labute approximate surface area is 153 Å². The highest BCUT2D eigenvalue weighted by molar-refractivity contribution is 5.96. The van der Waals surface area contributed by atoms with Gasteiger partial charge in [0.15, 0.2) is 0 Å². The summed E-state index contributed by atoms with van der Waals surface area (Å²) in [5.41, 5.74) is 5.96. The molecular formula is C19H19FN4O3. The van der Waals surface area contributed by atoms with Crippen molar-refractivity contribution in [2.75, 3.05) is 11.4 Å². The number of nitrogens with zero attached hydrogens (tertiary/aromatic N) is 3. The molecule has 1 atom stereocenters. The van der Waals surface area contributed by atoms with Crippen LogP contribution in [0.2, 0.25) is 0 Å². The Morgan fingerprint density at radius 3 is 2.67 bits per heavy atom. The second-order valence-electron chi connectivity index (χ2n) is 7.51. The molecule has 3 aromatic rings. The lowest BCUT2D eigenvalue weighted by Gasteiger charge is -2.55. The van der Waals surface area contributed by atoms with Gasteiger partial charge in [-0.15, -0.1) is 0 Å². The van der Waals surface area contributed by atoms with Crippen LogP contribution in [0.5, 0.6) is 0 Å². The number of halogens is 1. The second-order valence-corrected chi connectivity index (χ2v) is 7.51. The molecule has 0 amide bonds. The van der Waals surface area contributed by atoms with Crippen LogP contribution in [-0.2, 0) is 7.05 Å². The maximum Gasteiger partial charge on any atom is 0.341 e. The molecule has 2 aromatic heterocycles. The first-order valence-corrected chi connectivity index (χ1v) is 8.51. The van der Waals surface area contributed by atoms with Crippen LogP contribution in [0, 0.1) is 5.82 Å². The van der Waals surface area contributed by atoms with E-state index in [9.17, 15) is 19.1 Å². The summed E-state index contributed by atoms with van der Waals surface area (Å²) in [5.74, 6) is -1.75. The van der Waals surface area contributed by atoms with Crippen LogP contribution in [0.25, 0.3) is 21.9 Å². The van der Waals surface area contributed by atoms with Crippen molar-refractivity contribution in [2.45, 2.75) is 25.4 Å². The summed E-state index contributed by atoms with van der Waals surface area (Å²) in [4.78, 5) is 30.1. The van der Waals surface area contributed by atoms with Crippen LogP contribution in [0.4, 0.5) is 10.1 Å². The van der Waals surface area contributed by atoms with Gasteiger partial charge in [0.25, 0.3) is 0 Å². The Morgan fingerprint density at radius 1 is 1.37 bits per heavy atom. The number of hydrogen-bond acceptors (Lipinski definition) is 5.